The molecule has 0 radical (unpaired) electrons. The minimum absolute atomic E-state index is 0.660. The van der Waals surface area contributed by atoms with Crippen molar-refractivity contribution in [2.45, 2.75) is 51.6 Å². The fraction of sp³-hybridized carbons (Fsp3) is 0.800. The minimum atomic E-state index is -0.781. The third-order valence-corrected chi connectivity index (χ3v) is 1.84. The predicted octanol–water partition coefficient (Wildman–Crippen LogP) is 3.87. The molecule has 0 rings (SSSR count). The van der Waals surface area contributed by atoms with Crippen LogP contribution < -0.4 is 0 Å². The van der Waals surface area contributed by atoms with E-state index in [1.165, 1.54) is 31.8 Å². The number of unbranched alkanes of at least 4 members (excludes halogenated alkanes) is 4. The largest absolute Gasteiger partial charge is 0.243 e. The zero-order valence-corrected chi connectivity index (χ0v) is 7.48. The summed E-state index contributed by atoms with van der Waals surface area (Å²) in [7, 11) is 0. The van der Waals surface area contributed by atoms with Crippen LogP contribution in [0.1, 0.15) is 45.4 Å². The highest BCUT2D eigenvalue weighted by atomic mass is 19.1. The fourth-order valence-electron chi connectivity index (χ4n) is 1.06. The smallest absolute Gasteiger partial charge is 0.118 e. The Bertz CT molecular complexity index is 88.9. The van der Waals surface area contributed by atoms with Gasteiger partial charge in [0.1, 0.15) is 6.17 Å². The van der Waals surface area contributed by atoms with Crippen molar-refractivity contribution in [1.29, 1.82) is 0 Å². The zero-order chi connectivity index (χ0) is 8.53. The van der Waals surface area contributed by atoms with Crippen molar-refractivity contribution in [1.82, 2.24) is 0 Å². The Kier molecular flexibility index (Phi) is 7.54. The van der Waals surface area contributed by atoms with Crippen LogP contribution in [-0.4, -0.2) is 6.17 Å². The summed E-state index contributed by atoms with van der Waals surface area (Å²) in [5.74, 6) is 0. The first-order valence-corrected chi connectivity index (χ1v) is 4.58. The minimum Gasteiger partial charge on any atom is -0.243 e. The number of hydrogen-bond acceptors (Lipinski definition) is 0. The molecular weight excluding hydrogens is 139 g/mol. The molecule has 0 aromatic carbocycles. The molecule has 0 aromatic rings. The van der Waals surface area contributed by atoms with Crippen molar-refractivity contribution in [3.63, 3.8) is 0 Å². The molecular formula is C10H19F. The van der Waals surface area contributed by atoms with E-state index in [1.807, 2.05) is 0 Å². The van der Waals surface area contributed by atoms with E-state index in [1.54, 1.807) is 0 Å². The molecule has 0 saturated carbocycles. The van der Waals surface area contributed by atoms with Crippen LogP contribution >= 0.6 is 0 Å². The molecule has 0 bridgehead atoms. The summed E-state index contributed by atoms with van der Waals surface area (Å²) in [6, 6.07) is 0. The van der Waals surface area contributed by atoms with Crippen LogP contribution in [0.5, 0.6) is 0 Å². The lowest BCUT2D eigenvalue weighted by Gasteiger charge is -2.01. The number of halogens is 1. The summed E-state index contributed by atoms with van der Waals surface area (Å²) in [5, 5.41) is 0. The van der Waals surface area contributed by atoms with Crippen molar-refractivity contribution >= 4 is 0 Å². The van der Waals surface area contributed by atoms with Crippen LogP contribution in [0.25, 0.3) is 0 Å². The molecule has 0 aliphatic carbocycles. The van der Waals surface area contributed by atoms with Crippen molar-refractivity contribution < 1.29 is 4.39 Å². The molecule has 1 heteroatoms. The van der Waals surface area contributed by atoms with E-state index in [-0.39, 0.29) is 0 Å². The van der Waals surface area contributed by atoms with Crippen molar-refractivity contribution in [2.75, 3.05) is 0 Å². The normalized spacial score (nSPS) is 12.9. The van der Waals surface area contributed by atoms with Gasteiger partial charge in [-0.25, -0.2) is 4.39 Å². The van der Waals surface area contributed by atoms with E-state index < -0.39 is 6.17 Å². The second kappa shape index (κ2) is 7.77. The average molecular weight is 158 g/mol. The fourth-order valence-corrected chi connectivity index (χ4v) is 1.06. The lowest BCUT2D eigenvalue weighted by molar-refractivity contribution is 0.365. The van der Waals surface area contributed by atoms with Gasteiger partial charge in [-0.2, -0.15) is 0 Å². The van der Waals surface area contributed by atoms with E-state index in [0.29, 0.717) is 6.42 Å². The topological polar surface area (TPSA) is 0 Å². The SMILES string of the molecule is C=CC(F)CCCCCCC. The molecule has 66 valence electrons. The first-order chi connectivity index (χ1) is 5.31. The van der Waals surface area contributed by atoms with Crippen molar-refractivity contribution in [3.05, 3.63) is 12.7 Å². The van der Waals surface area contributed by atoms with Crippen LogP contribution in [0.3, 0.4) is 0 Å². The molecule has 11 heavy (non-hydrogen) atoms. The monoisotopic (exact) mass is 158 g/mol. The van der Waals surface area contributed by atoms with E-state index in [0.717, 1.165) is 6.42 Å². The van der Waals surface area contributed by atoms with Gasteiger partial charge in [-0.1, -0.05) is 45.1 Å². The van der Waals surface area contributed by atoms with E-state index in [9.17, 15) is 4.39 Å². The number of allylic oxidation sites excluding steroid dienone is 1. The molecule has 0 N–H and O–H groups in total. The Balaban J connectivity index is 2.95. The quantitative estimate of drug-likeness (QED) is 0.389. The second-order valence-electron chi connectivity index (χ2n) is 2.95. The molecule has 0 nitrogen and oxygen atoms in total. The highest BCUT2D eigenvalue weighted by Crippen LogP contribution is 2.09. The maximum Gasteiger partial charge on any atom is 0.118 e. The Hall–Kier alpha value is -0.330. The van der Waals surface area contributed by atoms with Crippen LogP contribution in [0.4, 0.5) is 4.39 Å². The molecule has 0 fully saturated rings. The first kappa shape index (κ1) is 10.7. The van der Waals surface area contributed by atoms with Gasteiger partial charge in [-0.3, -0.25) is 0 Å². The highest BCUT2D eigenvalue weighted by molar-refractivity contribution is 4.77. The van der Waals surface area contributed by atoms with Crippen LogP contribution in [0.15, 0.2) is 12.7 Å². The maximum atomic E-state index is 12.5. The van der Waals surface area contributed by atoms with E-state index >= 15 is 0 Å². The van der Waals surface area contributed by atoms with Crippen molar-refractivity contribution in [3.8, 4) is 0 Å². The Morgan fingerprint density at radius 3 is 2.45 bits per heavy atom. The van der Waals surface area contributed by atoms with Gasteiger partial charge in [0.15, 0.2) is 0 Å². The predicted molar refractivity (Wildman–Crippen MR) is 48.5 cm³/mol. The number of hydrogen-bond donors (Lipinski definition) is 0. The molecule has 0 aromatic heterocycles. The van der Waals surface area contributed by atoms with Gasteiger partial charge < -0.3 is 0 Å². The standard InChI is InChI=1S/C10H19F/c1-3-5-6-7-8-9-10(11)4-2/h4,10H,2-3,5-9H2,1H3. The summed E-state index contributed by atoms with van der Waals surface area (Å²) in [6.07, 6.45) is 7.23. The van der Waals surface area contributed by atoms with Crippen LogP contribution in [-0.2, 0) is 0 Å². The maximum absolute atomic E-state index is 12.5. The van der Waals surface area contributed by atoms with Crippen LogP contribution in [0.2, 0.25) is 0 Å². The third kappa shape index (κ3) is 7.57. The summed E-state index contributed by atoms with van der Waals surface area (Å²) in [6.45, 7) is 5.58. The van der Waals surface area contributed by atoms with Gasteiger partial charge in [-0.15, -0.1) is 6.58 Å². The molecule has 0 aliphatic heterocycles. The molecule has 1 unspecified atom stereocenters. The molecule has 0 aliphatic rings. The summed E-state index contributed by atoms with van der Waals surface area (Å²) < 4.78 is 12.5. The highest BCUT2D eigenvalue weighted by Gasteiger charge is 1.98. The first-order valence-electron chi connectivity index (χ1n) is 4.58. The van der Waals surface area contributed by atoms with Crippen molar-refractivity contribution in [2.24, 2.45) is 0 Å². The van der Waals surface area contributed by atoms with Crippen LogP contribution in [0, 0.1) is 0 Å². The molecule has 0 saturated heterocycles. The number of rotatable bonds is 7. The van der Waals surface area contributed by atoms with Gasteiger partial charge in [0, 0.05) is 0 Å². The Morgan fingerprint density at radius 2 is 1.91 bits per heavy atom. The number of alkyl halides is 1. The Morgan fingerprint density at radius 1 is 1.27 bits per heavy atom. The van der Waals surface area contributed by atoms with Gasteiger partial charge in [0.25, 0.3) is 0 Å². The zero-order valence-electron chi connectivity index (χ0n) is 7.48. The molecule has 1 atom stereocenters. The molecule has 0 amide bonds. The van der Waals surface area contributed by atoms with Gasteiger partial charge in [0.2, 0.25) is 0 Å². The average Bonchev–Trinajstić information content (AvgIpc) is 2.04. The summed E-state index contributed by atoms with van der Waals surface area (Å²) in [4.78, 5) is 0. The second-order valence-corrected chi connectivity index (χ2v) is 2.95. The lowest BCUT2D eigenvalue weighted by atomic mass is 10.1. The molecule has 0 spiro atoms. The van der Waals surface area contributed by atoms with E-state index in [2.05, 4.69) is 13.5 Å². The Labute approximate surface area is 69.5 Å². The third-order valence-electron chi connectivity index (χ3n) is 1.84. The lowest BCUT2D eigenvalue weighted by Crippen LogP contribution is -1.93. The van der Waals surface area contributed by atoms with Gasteiger partial charge in [0.05, 0.1) is 0 Å². The summed E-state index contributed by atoms with van der Waals surface area (Å²) in [5.41, 5.74) is 0. The summed E-state index contributed by atoms with van der Waals surface area (Å²) >= 11 is 0. The van der Waals surface area contributed by atoms with E-state index in [4.69, 9.17) is 0 Å². The van der Waals surface area contributed by atoms with Gasteiger partial charge >= 0.3 is 0 Å². The van der Waals surface area contributed by atoms with Gasteiger partial charge in [-0.05, 0) is 6.42 Å². The molecule has 0 heterocycles.